The molecule has 0 aromatic carbocycles. The van der Waals surface area contributed by atoms with Crippen LogP contribution in [-0.4, -0.2) is 52.6 Å². The maximum atomic E-state index is 12.0. The molecule has 2 aliphatic heterocycles. The van der Waals surface area contributed by atoms with Gasteiger partial charge in [-0.25, -0.2) is 9.97 Å². The molecule has 1 aromatic rings. The van der Waals surface area contributed by atoms with Crippen LogP contribution in [0.2, 0.25) is 5.15 Å². The van der Waals surface area contributed by atoms with Crippen molar-refractivity contribution >= 4 is 23.2 Å². The second kappa shape index (κ2) is 3.90. The number of halogens is 1. The summed E-state index contributed by atoms with van der Waals surface area (Å²) < 4.78 is 5.46. The van der Waals surface area contributed by atoms with Crippen LogP contribution >= 0.6 is 11.6 Å². The molecular formula is C10H11ClN4O2. The second-order valence-corrected chi connectivity index (χ2v) is 4.38. The number of fused-ring (bicyclic) bond motifs is 1. The number of rotatable bonds is 4. The number of aromatic nitrogens is 2. The van der Waals surface area contributed by atoms with Crippen LogP contribution in [-0.2, 0) is 9.53 Å². The monoisotopic (exact) mass is 254 g/mol. The van der Waals surface area contributed by atoms with Gasteiger partial charge in [-0.3, -0.25) is 9.69 Å². The first kappa shape index (κ1) is 10.9. The predicted octanol–water partition coefficient (Wildman–Crippen LogP) is 0.153. The van der Waals surface area contributed by atoms with E-state index in [0.29, 0.717) is 19.0 Å². The topological polar surface area (TPSA) is 67.1 Å². The highest BCUT2D eigenvalue weighted by atomic mass is 35.5. The van der Waals surface area contributed by atoms with E-state index < -0.39 is 5.72 Å². The minimum Gasteiger partial charge on any atom is -0.360 e. The van der Waals surface area contributed by atoms with Crippen molar-refractivity contribution in [2.24, 2.45) is 0 Å². The molecule has 2 aliphatic rings. The minimum atomic E-state index is -0.665. The Morgan fingerprint density at radius 1 is 1.59 bits per heavy atom. The standard InChI is InChI=1S/C10H11ClN4O2/c11-8-9(13-2-1-12-8)14-5-7(16)10-6-15(10)3-4-17-10/h1-2H,3-6H2,(H,13,14). The normalized spacial score (nSPS) is 29.8. The molecule has 3 heterocycles. The Morgan fingerprint density at radius 2 is 2.41 bits per heavy atom. The number of ether oxygens (including phenoxy) is 1. The Hall–Kier alpha value is -1.24. The van der Waals surface area contributed by atoms with Crippen molar-refractivity contribution in [2.45, 2.75) is 5.72 Å². The van der Waals surface area contributed by atoms with Gasteiger partial charge in [0.1, 0.15) is 0 Å². The van der Waals surface area contributed by atoms with E-state index in [4.69, 9.17) is 16.3 Å². The van der Waals surface area contributed by atoms with E-state index in [0.717, 1.165) is 6.54 Å². The quantitative estimate of drug-likeness (QED) is 0.772. The average Bonchev–Trinajstić information content (AvgIpc) is 2.91. The lowest BCUT2D eigenvalue weighted by Gasteiger charge is -2.11. The van der Waals surface area contributed by atoms with Crippen LogP contribution in [0, 0.1) is 0 Å². The van der Waals surface area contributed by atoms with Crippen LogP contribution < -0.4 is 5.32 Å². The highest BCUT2D eigenvalue weighted by Crippen LogP contribution is 2.38. The van der Waals surface area contributed by atoms with E-state index in [1.54, 1.807) is 0 Å². The van der Waals surface area contributed by atoms with E-state index in [9.17, 15) is 4.79 Å². The molecule has 0 spiro atoms. The molecule has 2 atom stereocenters. The Kier molecular flexibility index (Phi) is 2.50. The lowest BCUT2D eigenvalue weighted by atomic mass is 10.2. The summed E-state index contributed by atoms with van der Waals surface area (Å²) in [6.07, 6.45) is 3.02. The van der Waals surface area contributed by atoms with E-state index >= 15 is 0 Å². The largest absolute Gasteiger partial charge is 0.360 e. The number of carbonyl (C=O) groups excluding carboxylic acids is 1. The first-order chi connectivity index (χ1) is 8.22. The van der Waals surface area contributed by atoms with Crippen molar-refractivity contribution in [3.8, 4) is 0 Å². The fourth-order valence-electron chi connectivity index (χ4n) is 2.03. The van der Waals surface area contributed by atoms with E-state index in [2.05, 4.69) is 15.3 Å². The predicted molar refractivity (Wildman–Crippen MR) is 60.8 cm³/mol. The summed E-state index contributed by atoms with van der Waals surface area (Å²) >= 11 is 5.82. The molecule has 6 nitrogen and oxygen atoms in total. The summed E-state index contributed by atoms with van der Waals surface area (Å²) in [5, 5.41) is 3.14. The first-order valence-corrected chi connectivity index (χ1v) is 5.73. The van der Waals surface area contributed by atoms with Gasteiger partial charge in [0.05, 0.1) is 19.7 Å². The fourth-order valence-corrected chi connectivity index (χ4v) is 2.20. The molecule has 2 saturated heterocycles. The van der Waals surface area contributed by atoms with Crippen LogP contribution in [0.4, 0.5) is 5.82 Å². The summed E-state index contributed by atoms with van der Waals surface area (Å²) in [6.45, 7) is 2.30. The molecule has 90 valence electrons. The number of nitrogens with zero attached hydrogens (tertiary/aromatic N) is 3. The number of carbonyl (C=O) groups is 1. The van der Waals surface area contributed by atoms with Crippen LogP contribution in [0.5, 0.6) is 0 Å². The highest BCUT2D eigenvalue weighted by Gasteiger charge is 2.62. The Balaban J connectivity index is 1.62. The number of hydrogen-bond acceptors (Lipinski definition) is 6. The maximum Gasteiger partial charge on any atom is 0.200 e. The molecule has 0 amide bonds. The summed E-state index contributed by atoms with van der Waals surface area (Å²) in [5.41, 5.74) is -0.665. The van der Waals surface area contributed by atoms with E-state index in [-0.39, 0.29) is 17.5 Å². The molecule has 7 heteroatoms. The summed E-state index contributed by atoms with van der Waals surface area (Å²) in [7, 11) is 0. The van der Waals surface area contributed by atoms with Gasteiger partial charge < -0.3 is 10.1 Å². The number of Topliss-reactive ketones (excluding diaryl/α,β-unsaturated/α-hetero) is 1. The third-order valence-corrected chi connectivity index (χ3v) is 3.30. The van der Waals surface area contributed by atoms with Crippen molar-refractivity contribution in [1.29, 1.82) is 0 Å². The lowest BCUT2D eigenvalue weighted by Crippen LogP contribution is -2.33. The van der Waals surface area contributed by atoms with Crippen LogP contribution in [0.3, 0.4) is 0 Å². The van der Waals surface area contributed by atoms with Crippen molar-refractivity contribution in [1.82, 2.24) is 14.9 Å². The zero-order valence-corrected chi connectivity index (χ0v) is 9.78. The van der Waals surface area contributed by atoms with Gasteiger partial charge in [-0.1, -0.05) is 11.6 Å². The summed E-state index contributed by atoms with van der Waals surface area (Å²) in [5.74, 6) is 0.431. The number of morpholine rings is 1. The smallest absolute Gasteiger partial charge is 0.200 e. The molecule has 0 radical (unpaired) electrons. The van der Waals surface area contributed by atoms with E-state index in [1.165, 1.54) is 12.4 Å². The van der Waals surface area contributed by atoms with Gasteiger partial charge in [-0.15, -0.1) is 0 Å². The van der Waals surface area contributed by atoms with Gasteiger partial charge in [0.25, 0.3) is 0 Å². The van der Waals surface area contributed by atoms with Crippen LogP contribution in [0.15, 0.2) is 12.4 Å². The van der Waals surface area contributed by atoms with Gasteiger partial charge in [0, 0.05) is 18.9 Å². The van der Waals surface area contributed by atoms with Crippen molar-refractivity contribution in [3.63, 3.8) is 0 Å². The van der Waals surface area contributed by atoms with E-state index in [1.807, 2.05) is 4.90 Å². The number of anilines is 1. The summed E-state index contributed by atoms with van der Waals surface area (Å²) in [4.78, 5) is 21.9. The zero-order valence-electron chi connectivity index (χ0n) is 9.02. The maximum absolute atomic E-state index is 12.0. The van der Waals surface area contributed by atoms with Crippen LogP contribution in [0.25, 0.3) is 0 Å². The van der Waals surface area contributed by atoms with Crippen molar-refractivity contribution < 1.29 is 9.53 Å². The number of nitrogens with one attached hydrogen (secondary N) is 1. The molecule has 0 saturated carbocycles. The molecule has 1 aromatic heterocycles. The molecule has 0 bridgehead atoms. The van der Waals surface area contributed by atoms with Crippen molar-refractivity contribution in [2.75, 3.05) is 31.6 Å². The Bertz CT molecular complexity index is 469. The Labute approximate surface area is 103 Å². The SMILES string of the molecule is O=C(CNc1nccnc1Cl)C12CN1CCO2. The molecule has 2 unspecified atom stereocenters. The number of hydrogen-bond donors (Lipinski definition) is 1. The molecule has 0 aliphatic carbocycles. The Morgan fingerprint density at radius 3 is 3.06 bits per heavy atom. The van der Waals surface area contributed by atoms with Gasteiger partial charge >= 0.3 is 0 Å². The van der Waals surface area contributed by atoms with Gasteiger partial charge in [0.2, 0.25) is 0 Å². The van der Waals surface area contributed by atoms with Gasteiger partial charge in [-0.2, -0.15) is 0 Å². The zero-order chi connectivity index (χ0) is 11.9. The summed E-state index contributed by atoms with van der Waals surface area (Å²) in [6, 6.07) is 0. The lowest BCUT2D eigenvalue weighted by molar-refractivity contribution is -0.130. The second-order valence-electron chi connectivity index (χ2n) is 4.03. The molecule has 3 rings (SSSR count). The molecule has 1 N–H and O–H groups in total. The average molecular weight is 255 g/mol. The van der Waals surface area contributed by atoms with Gasteiger partial charge in [0.15, 0.2) is 22.5 Å². The molecule has 17 heavy (non-hydrogen) atoms. The number of ketones is 1. The third-order valence-electron chi connectivity index (χ3n) is 3.02. The fraction of sp³-hybridized carbons (Fsp3) is 0.500. The first-order valence-electron chi connectivity index (χ1n) is 5.35. The van der Waals surface area contributed by atoms with Crippen molar-refractivity contribution in [3.05, 3.63) is 17.5 Å². The highest BCUT2D eigenvalue weighted by molar-refractivity contribution is 6.31. The van der Waals surface area contributed by atoms with Gasteiger partial charge in [-0.05, 0) is 0 Å². The molecular weight excluding hydrogens is 244 g/mol. The molecule has 2 fully saturated rings. The minimum absolute atomic E-state index is 0.0109. The van der Waals surface area contributed by atoms with Crippen LogP contribution in [0.1, 0.15) is 0 Å². The third kappa shape index (κ3) is 1.78.